The number of morpholine rings is 1. The van der Waals surface area contributed by atoms with Crippen molar-refractivity contribution in [2.24, 2.45) is 7.05 Å². The third-order valence-electron chi connectivity index (χ3n) is 5.16. The maximum Gasteiger partial charge on any atom is 0.112 e. The van der Waals surface area contributed by atoms with E-state index in [2.05, 4.69) is 59.4 Å². The quantitative estimate of drug-likeness (QED) is 0.699. The molecule has 1 aliphatic rings. The molecule has 140 valence electrons. The number of ether oxygens (including phenoxy) is 1. The molecule has 5 heteroatoms. The standard InChI is InChI=1S/C22H26N4O/c1-17-3-5-18(6-4-17)13-19-7-8-21(23-14-19)22-16-26(11-12-27-22)15-20-9-10-24-25(20)2/h3-10,14,22H,11-13,15-16H2,1-2H3/t22-/m1/s1. The molecule has 0 radical (unpaired) electrons. The highest BCUT2D eigenvalue weighted by molar-refractivity contribution is 5.28. The molecule has 0 saturated carbocycles. The normalized spacial score (nSPS) is 17.9. The molecule has 2 aromatic heterocycles. The Morgan fingerprint density at radius 3 is 2.59 bits per heavy atom. The first kappa shape index (κ1) is 17.9. The van der Waals surface area contributed by atoms with E-state index in [1.807, 2.05) is 24.1 Å². The fourth-order valence-corrected chi connectivity index (χ4v) is 3.48. The van der Waals surface area contributed by atoms with Gasteiger partial charge in [0, 0.05) is 39.1 Å². The highest BCUT2D eigenvalue weighted by Crippen LogP contribution is 2.22. The molecule has 0 aliphatic carbocycles. The summed E-state index contributed by atoms with van der Waals surface area (Å²) in [5, 5.41) is 4.25. The van der Waals surface area contributed by atoms with Gasteiger partial charge in [0.1, 0.15) is 6.10 Å². The Morgan fingerprint density at radius 1 is 1.07 bits per heavy atom. The molecule has 0 spiro atoms. The molecule has 1 saturated heterocycles. The third-order valence-corrected chi connectivity index (χ3v) is 5.16. The number of aryl methyl sites for hydroxylation is 2. The van der Waals surface area contributed by atoms with Crippen LogP contribution in [0.1, 0.15) is 34.2 Å². The lowest BCUT2D eigenvalue weighted by Gasteiger charge is -2.32. The average Bonchev–Trinajstić information content (AvgIpc) is 3.09. The second-order valence-corrected chi connectivity index (χ2v) is 7.29. The summed E-state index contributed by atoms with van der Waals surface area (Å²) in [6.07, 6.45) is 4.77. The number of rotatable bonds is 5. The second kappa shape index (κ2) is 8.03. The minimum Gasteiger partial charge on any atom is -0.369 e. The summed E-state index contributed by atoms with van der Waals surface area (Å²) in [4.78, 5) is 7.11. The van der Waals surface area contributed by atoms with Crippen LogP contribution in [0.15, 0.2) is 54.9 Å². The van der Waals surface area contributed by atoms with E-state index in [0.717, 1.165) is 38.4 Å². The number of hydrogen-bond donors (Lipinski definition) is 0. The lowest BCUT2D eigenvalue weighted by atomic mass is 10.0. The minimum absolute atomic E-state index is 0.0282. The van der Waals surface area contributed by atoms with E-state index in [4.69, 9.17) is 9.72 Å². The SMILES string of the molecule is Cc1ccc(Cc2ccc([C@H]3CN(Cc4ccnn4C)CCO3)nc2)cc1. The zero-order valence-electron chi connectivity index (χ0n) is 16.0. The van der Waals surface area contributed by atoms with Crippen LogP contribution in [0.5, 0.6) is 0 Å². The summed E-state index contributed by atoms with van der Waals surface area (Å²) in [7, 11) is 1.99. The van der Waals surface area contributed by atoms with E-state index in [-0.39, 0.29) is 6.10 Å². The molecule has 0 amide bonds. The van der Waals surface area contributed by atoms with Crippen molar-refractivity contribution in [3.8, 4) is 0 Å². The zero-order valence-corrected chi connectivity index (χ0v) is 16.0. The fourth-order valence-electron chi connectivity index (χ4n) is 3.48. The van der Waals surface area contributed by atoms with Crippen LogP contribution in [0, 0.1) is 6.92 Å². The summed E-state index contributed by atoms with van der Waals surface area (Å²) in [5.41, 5.74) is 6.06. The van der Waals surface area contributed by atoms with E-state index in [1.54, 1.807) is 0 Å². The topological polar surface area (TPSA) is 43.2 Å². The largest absolute Gasteiger partial charge is 0.369 e. The Balaban J connectivity index is 1.39. The third kappa shape index (κ3) is 4.43. The van der Waals surface area contributed by atoms with Crippen molar-refractivity contribution in [2.45, 2.75) is 26.0 Å². The van der Waals surface area contributed by atoms with E-state index >= 15 is 0 Å². The molecule has 1 aromatic carbocycles. The molecule has 5 nitrogen and oxygen atoms in total. The molecule has 3 heterocycles. The van der Waals surface area contributed by atoms with Crippen LogP contribution >= 0.6 is 0 Å². The van der Waals surface area contributed by atoms with Crippen LogP contribution in [0.25, 0.3) is 0 Å². The summed E-state index contributed by atoms with van der Waals surface area (Å²) < 4.78 is 7.92. The van der Waals surface area contributed by atoms with Crippen molar-refractivity contribution < 1.29 is 4.74 Å². The maximum absolute atomic E-state index is 5.99. The van der Waals surface area contributed by atoms with Gasteiger partial charge in [0.25, 0.3) is 0 Å². The smallest absolute Gasteiger partial charge is 0.112 e. The van der Waals surface area contributed by atoms with Gasteiger partial charge in [-0.1, -0.05) is 35.9 Å². The average molecular weight is 362 g/mol. The summed E-state index contributed by atoms with van der Waals surface area (Å²) >= 11 is 0. The van der Waals surface area contributed by atoms with Gasteiger partial charge in [0.2, 0.25) is 0 Å². The van der Waals surface area contributed by atoms with Gasteiger partial charge in [-0.3, -0.25) is 14.6 Å². The number of aromatic nitrogens is 3. The summed E-state index contributed by atoms with van der Waals surface area (Å²) in [6, 6.07) is 15.0. The number of benzene rings is 1. The Kier molecular flexibility index (Phi) is 5.32. The second-order valence-electron chi connectivity index (χ2n) is 7.29. The monoisotopic (exact) mass is 362 g/mol. The molecule has 1 fully saturated rings. The fraction of sp³-hybridized carbons (Fsp3) is 0.364. The van der Waals surface area contributed by atoms with Crippen LogP contribution < -0.4 is 0 Å². The van der Waals surface area contributed by atoms with E-state index in [0.29, 0.717) is 0 Å². The number of pyridine rings is 1. The molecule has 0 bridgehead atoms. The molecular weight excluding hydrogens is 336 g/mol. The molecule has 27 heavy (non-hydrogen) atoms. The van der Waals surface area contributed by atoms with Crippen LogP contribution in [0.2, 0.25) is 0 Å². The first-order valence-corrected chi connectivity index (χ1v) is 9.48. The first-order chi connectivity index (χ1) is 13.2. The van der Waals surface area contributed by atoms with Gasteiger partial charge in [-0.2, -0.15) is 5.10 Å². The van der Waals surface area contributed by atoms with Gasteiger partial charge in [0.15, 0.2) is 0 Å². The van der Waals surface area contributed by atoms with Crippen LogP contribution in [-0.2, 0) is 24.8 Å². The van der Waals surface area contributed by atoms with Crippen LogP contribution in [-0.4, -0.2) is 39.4 Å². The number of hydrogen-bond acceptors (Lipinski definition) is 4. The van der Waals surface area contributed by atoms with Crippen molar-refractivity contribution >= 4 is 0 Å². The molecule has 4 rings (SSSR count). The van der Waals surface area contributed by atoms with Crippen molar-refractivity contribution in [1.82, 2.24) is 19.7 Å². The molecular formula is C22H26N4O. The van der Waals surface area contributed by atoms with Gasteiger partial charge in [-0.25, -0.2) is 0 Å². The van der Waals surface area contributed by atoms with E-state index in [9.17, 15) is 0 Å². The van der Waals surface area contributed by atoms with Crippen molar-refractivity contribution in [1.29, 1.82) is 0 Å². The molecule has 3 aromatic rings. The first-order valence-electron chi connectivity index (χ1n) is 9.48. The lowest BCUT2D eigenvalue weighted by Crippen LogP contribution is -2.38. The summed E-state index contributed by atoms with van der Waals surface area (Å²) in [5.74, 6) is 0. The van der Waals surface area contributed by atoms with Crippen LogP contribution in [0.3, 0.4) is 0 Å². The lowest BCUT2D eigenvalue weighted by molar-refractivity contribution is -0.0356. The minimum atomic E-state index is 0.0282. The van der Waals surface area contributed by atoms with E-state index in [1.165, 1.54) is 22.4 Å². The van der Waals surface area contributed by atoms with Gasteiger partial charge in [0.05, 0.1) is 18.0 Å². The van der Waals surface area contributed by atoms with Gasteiger partial charge < -0.3 is 4.74 Å². The summed E-state index contributed by atoms with van der Waals surface area (Å²) in [6.45, 7) is 5.53. The zero-order chi connectivity index (χ0) is 18.6. The van der Waals surface area contributed by atoms with Crippen molar-refractivity contribution in [3.63, 3.8) is 0 Å². The Hall–Kier alpha value is -2.50. The van der Waals surface area contributed by atoms with Gasteiger partial charge in [-0.15, -0.1) is 0 Å². The molecule has 0 N–H and O–H groups in total. The Morgan fingerprint density at radius 2 is 1.89 bits per heavy atom. The maximum atomic E-state index is 5.99. The Labute approximate surface area is 160 Å². The van der Waals surface area contributed by atoms with Crippen LogP contribution in [0.4, 0.5) is 0 Å². The van der Waals surface area contributed by atoms with Crippen molar-refractivity contribution in [2.75, 3.05) is 19.7 Å². The highest BCUT2D eigenvalue weighted by Gasteiger charge is 2.23. The number of nitrogens with zero attached hydrogens (tertiary/aromatic N) is 4. The van der Waals surface area contributed by atoms with Gasteiger partial charge in [-0.05, 0) is 36.6 Å². The van der Waals surface area contributed by atoms with Gasteiger partial charge >= 0.3 is 0 Å². The predicted octanol–water partition coefficient (Wildman–Crippen LogP) is 3.29. The van der Waals surface area contributed by atoms with Crippen molar-refractivity contribution in [3.05, 3.63) is 82.9 Å². The molecule has 0 unspecified atom stereocenters. The highest BCUT2D eigenvalue weighted by atomic mass is 16.5. The van der Waals surface area contributed by atoms with E-state index < -0.39 is 0 Å². The molecule has 1 atom stereocenters. The Bertz CT molecular complexity index is 870. The molecule has 1 aliphatic heterocycles. The predicted molar refractivity (Wildman–Crippen MR) is 105 cm³/mol.